The molecule has 0 rings (SSSR count). The average molecular weight is 186 g/mol. The van der Waals surface area contributed by atoms with Gasteiger partial charge in [0.25, 0.3) is 0 Å². The summed E-state index contributed by atoms with van der Waals surface area (Å²) in [6.45, 7) is 13.4. The zero-order valence-corrected chi connectivity index (χ0v) is 8.99. The van der Waals surface area contributed by atoms with E-state index in [1.165, 1.54) is 0 Å². The highest BCUT2D eigenvalue weighted by Gasteiger charge is 2.03. The van der Waals surface area contributed by atoms with E-state index in [-0.39, 0.29) is 5.92 Å². The van der Waals surface area contributed by atoms with Gasteiger partial charge in [0.2, 0.25) is 0 Å². The van der Waals surface area contributed by atoms with Crippen LogP contribution in [-0.4, -0.2) is 18.0 Å². The molecule has 2 heteroatoms. The molecule has 0 spiro atoms. The summed E-state index contributed by atoms with van der Waals surface area (Å²) in [6, 6.07) is 0. The SMILES string of the molecule is C=CCC(C=C)COC(C)O.CC. The Morgan fingerprint density at radius 2 is 1.92 bits per heavy atom. The predicted molar refractivity (Wildman–Crippen MR) is 57.5 cm³/mol. The number of rotatable bonds is 6. The van der Waals surface area contributed by atoms with Crippen molar-refractivity contribution >= 4 is 0 Å². The van der Waals surface area contributed by atoms with Crippen molar-refractivity contribution in [1.29, 1.82) is 0 Å². The second-order valence-electron chi connectivity index (χ2n) is 2.45. The molecule has 2 nitrogen and oxygen atoms in total. The maximum atomic E-state index is 8.78. The third kappa shape index (κ3) is 11.4. The highest BCUT2D eigenvalue weighted by molar-refractivity contribution is 4.84. The van der Waals surface area contributed by atoms with Gasteiger partial charge in [-0.05, 0) is 13.3 Å². The van der Waals surface area contributed by atoms with Crippen LogP contribution in [0.2, 0.25) is 0 Å². The van der Waals surface area contributed by atoms with E-state index in [0.717, 1.165) is 6.42 Å². The number of hydrogen-bond acceptors (Lipinski definition) is 2. The Bertz CT molecular complexity index is 119. The number of ether oxygens (including phenoxy) is 1. The fourth-order valence-corrected chi connectivity index (χ4v) is 0.709. The van der Waals surface area contributed by atoms with Crippen molar-refractivity contribution in [2.24, 2.45) is 5.92 Å². The smallest absolute Gasteiger partial charge is 0.151 e. The molecule has 13 heavy (non-hydrogen) atoms. The molecule has 0 heterocycles. The van der Waals surface area contributed by atoms with Gasteiger partial charge in [-0.2, -0.15) is 0 Å². The molecular weight excluding hydrogens is 164 g/mol. The molecule has 0 amide bonds. The molecular formula is C11H22O2. The normalized spacial score (nSPS) is 13.5. The van der Waals surface area contributed by atoms with Gasteiger partial charge in [0.15, 0.2) is 6.29 Å². The molecule has 0 saturated heterocycles. The lowest BCUT2D eigenvalue weighted by Crippen LogP contribution is -2.13. The highest BCUT2D eigenvalue weighted by Crippen LogP contribution is 2.05. The molecule has 2 atom stereocenters. The third-order valence-electron chi connectivity index (χ3n) is 1.35. The summed E-state index contributed by atoms with van der Waals surface area (Å²) in [5.74, 6) is 0.266. The molecule has 0 aromatic carbocycles. The monoisotopic (exact) mass is 186 g/mol. The van der Waals surface area contributed by atoms with E-state index in [0.29, 0.717) is 6.61 Å². The number of allylic oxidation sites excluding steroid dienone is 1. The van der Waals surface area contributed by atoms with Crippen molar-refractivity contribution in [2.45, 2.75) is 33.5 Å². The van der Waals surface area contributed by atoms with E-state index < -0.39 is 6.29 Å². The summed E-state index contributed by atoms with van der Waals surface area (Å²) in [5, 5.41) is 8.78. The number of aliphatic hydroxyl groups excluding tert-OH is 1. The van der Waals surface area contributed by atoms with Crippen molar-refractivity contribution in [3.05, 3.63) is 25.3 Å². The molecule has 0 saturated carbocycles. The third-order valence-corrected chi connectivity index (χ3v) is 1.35. The number of aliphatic hydroxyl groups is 1. The Hall–Kier alpha value is -0.600. The van der Waals surface area contributed by atoms with Gasteiger partial charge in [-0.1, -0.05) is 26.0 Å². The van der Waals surface area contributed by atoms with Gasteiger partial charge in [-0.15, -0.1) is 13.2 Å². The van der Waals surface area contributed by atoms with Gasteiger partial charge in [0, 0.05) is 5.92 Å². The summed E-state index contributed by atoms with van der Waals surface area (Å²) in [6.07, 6.45) is 3.78. The topological polar surface area (TPSA) is 29.5 Å². The summed E-state index contributed by atoms with van der Waals surface area (Å²) >= 11 is 0. The summed E-state index contributed by atoms with van der Waals surface area (Å²) in [5.41, 5.74) is 0. The molecule has 0 aromatic heterocycles. The van der Waals surface area contributed by atoms with E-state index in [4.69, 9.17) is 9.84 Å². The van der Waals surface area contributed by atoms with Crippen LogP contribution >= 0.6 is 0 Å². The Kier molecular flexibility index (Phi) is 13.1. The molecule has 0 aliphatic carbocycles. The van der Waals surface area contributed by atoms with Crippen LogP contribution in [0.15, 0.2) is 25.3 Å². The molecule has 0 aromatic rings. The first-order valence-corrected chi connectivity index (χ1v) is 4.73. The lowest BCUT2D eigenvalue weighted by molar-refractivity contribution is -0.0920. The lowest BCUT2D eigenvalue weighted by atomic mass is 10.1. The second-order valence-corrected chi connectivity index (χ2v) is 2.45. The molecule has 0 bridgehead atoms. The van der Waals surface area contributed by atoms with Crippen LogP contribution in [0.4, 0.5) is 0 Å². The van der Waals surface area contributed by atoms with Crippen molar-refractivity contribution in [3.8, 4) is 0 Å². The maximum Gasteiger partial charge on any atom is 0.151 e. The first-order chi connectivity index (χ1) is 6.20. The fraction of sp³-hybridized carbons (Fsp3) is 0.636. The van der Waals surface area contributed by atoms with Gasteiger partial charge in [-0.25, -0.2) is 0 Å². The highest BCUT2D eigenvalue weighted by atomic mass is 16.6. The van der Waals surface area contributed by atoms with E-state index in [1.807, 2.05) is 26.0 Å². The number of hydrogen-bond donors (Lipinski definition) is 1. The van der Waals surface area contributed by atoms with Crippen LogP contribution in [0.5, 0.6) is 0 Å². The van der Waals surface area contributed by atoms with Crippen LogP contribution in [0, 0.1) is 5.92 Å². The fourth-order valence-electron chi connectivity index (χ4n) is 0.709. The van der Waals surface area contributed by atoms with E-state index in [9.17, 15) is 0 Å². The van der Waals surface area contributed by atoms with Crippen LogP contribution in [0.1, 0.15) is 27.2 Å². The molecule has 0 aliphatic heterocycles. The van der Waals surface area contributed by atoms with Crippen LogP contribution in [0.3, 0.4) is 0 Å². The Labute approximate surface area is 81.9 Å². The largest absolute Gasteiger partial charge is 0.368 e. The molecule has 0 aliphatic rings. The van der Waals surface area contributed by atoms with Gasteiger partial charge in [0.05, 0.1) is 6.61 Å². The Balaban J connectivity index is 0. The first kappa shape index (κ1) is 14.9. The minimum absolute atomic E-state index is 0.266. The molecule has 0 radical (unpaired) electrons. The van der Waals surface area contributed by atoms with E-state index in [2.05, 4.69) is 13.2 Å². The van der Waals surface area contributed by atoms with Crippen molar-refractivity contribution < 1.29 is 9.84 Å². The first-order valence-electron chi connectivity index (χ1n) is 4.73. The molecule has 0 fully saturated rings. The second kappa shape index (κ2) is 11.4. The van der Waals surface area contributed by atoms with Crippen molar-refractivity contribution in [1.82, 2.24) is 0 Å². The van der Waals surface area contributed by atoms with Crippen LogP contribution in [0.25, 0.3) is 0 Å². The van der Waals surface area contributed by atoms with Gasteiger partial charge < -0.3 is 9.84 Å². The maximum absolute atomic E-state index is 8.78. The zero-order chi connectivity index (χ0) is 10.7. The zero-order valence-electron chi connectivity index (χ0n) is 8.99. The lowest BCUT2D eigenvalue weighted by Gasteiger charge is -2.11. The van der Waals surface area contributed by atoms with Crippen molar-refractivity contribution in [2.75, 3.05) is 6.61 Å². The van der Waals surface area contributed by atoms with E-state index in [1.54, 1.807) is 6.92 Å². The quantitative estimate of drug-likeness (QED) is 0.510. The van der Waals surface area contributed by atoms with Crippen LogP contribution in [-0.2, 0) is 4.74 Å². The molecule has 2 unspecified atom stereocenters. The average Bonchev–Trinajstić information content (AvgIpc) is 2.15. The minimum Gasteiger partial charge on any atom is -0.368 e. The van der Waals surface area contributed by atoms with Gasteiger partial charge >= 0.3 is 0 Å². The molecule has 1 N–H and O–H groups in total. The minimum atomic E-state index is -0.692. The Morgan fingerprint density at radius 1 is 1.38 bits per heavy atom. The van der Waals surface area contributed by atoms with E-state index >= 15 is 0 Å². The summed E-state index contributed by atoms with van der Waals surface area (Å²) in [4.78, 5) is 0. The predicted octanol–water partition coefficient (Wildman–Crippen LogP) is 2.75. The van der Waals surface area contributed by atoms with Crippen molar-refractivity contribution in [3.63, 3.8) is 0 Å². The summed E-state index contributed by atoms with van der Waals surface area (Å²) < 4.78 is 4.98. The Morgan fingerprint density at radius 3 is 2.23 bits per heavy atom. The molecule has 78 valence electrons. The summed E-state index contributed by atoms with van der Waals surface area (Å²) in [7, 11) is 0. The van der Waals surface area contributed by atoms with Crippen LogP contribution < -0.4 is 0 Å². The standard InChI is InChI=1S/C9H16O2.C2H6/c1-4-6-9(5-2)7-11-8(3)10;1-2/h4-5,8-10H,1-2,6-7H2,3H3;1-2H3. The van der Waals surface area contributed by atoms with Gasteiger partial charge in [-0.3, -0.25) is 0 Å². The van der Waals surface area contributed by atoms with Gasteiger partial charge in [0.1, 0.15) is 0 Å².